The molecular formula is C18H22F3N3O5. The number of unbranched alkanes of at least 4 members (excludes halogenated alkanes) is 1. The summed E-state index contributed by atoms with van der Waals surface area (Å²) in [4.78, 5) is 51.1. The Kier molecular flexibility index (Phi) is 8.74. The van der Waals surface area contributed by atoms with Crippen molar-refractivity contribution < 1.29 is 37.5 Å². The minimum atomic E-state index is -5.22. The number of amides is 2. The van der Waals surface area contributed by atoms with Crippen molar-refractivity contribution in [3.05, 3.63) is 29.1 Å². The average Bonchev–Trinajstić information content (AvgIpc) is 2.65. The van der Waals surface area contributed by atoms with E-state index in [1.807, 2.05) is 0 Å². The van der Waals surface area contributed by atoms with Gasteiger partial charge < -0.3 is 19.7 Å². The van der Waals surface area contributed by atoms with Crippen LogP contribution in [0.3, 0.4) is 0 Å². The van der Waals surface area contributed by atoms with Crippen molar-refractivity contribution in [1.29, 1.82) is 0 Å². The Hall–Kier alpha value is -2.98. The standard InChI is InChI=1S/C18H22F3N3O5/c1-3-12-13(16(27)28)6-7-22-14(12)10-24(17(29)18(19,20)21)11-15(26)23(2)8-4-5-9-25/h6-7,9H,3-5,8,10-11H2,1-2H3,(H,27,28). The Morgan fingerprint density at radius 3 is 2.45 bits per heavy atom. The second-order valence-corrected chi connectivity index (χ2v) is 6.23. The van der Waals surface area contributed by atoms with Crippen LogP contribution in [0, 0.1) is 0 Å². The van der Waals surface area contributed by atoms with Crippen molar-refractivity contribution in [3.8, 4) is 0 Å². The van der Waals surface area contributed by atoms with Crippen LogP contribution in [0.15, 0.2) is 12.3 Å². The van der Waals surface area contributed by atoms with Gasteiger partial charge in [-0.2, -0.15) is 13.2 Å². The molecule has 0 spiro atoms. The van der Waals surface area contributed by atoms with E-state index >= 15 is 0 Å². The molecule has 160 valence electrons. The predicted octanol–water partition coefficient (Wildman–Crippen LogP) is 1.67. The first-order valence-electron chi connectivity index (χ1n) is 8.76. The Balaban J connectivity index is 3.14. The fourth-order valence-electron chi connectivity index (χ4n) is 2.65. The molecule has 0 saturated carbocycles. The number of aldehydes is 1. The van der Waals surface area contributed by atoms with Crippen molar-refractivity contribution in [1.82, 2.24) is 14.8 Å². The van der Waals surface area contributed by atoms with Gasteiger partial charge in [0.2, 0.25) is 5.91 Å². The van der Waals surface area contributed by atoms with E-state index in [-0.39, 0.29) is 36.2 Å². The lowest BCUT2D eigenvalue weighted by molar-refractivity contribution is -0.187. The van der Waals surface area contributed by atoms with E-state index in [4.69, 9.17) is 0 Å². The summed E-state index contributed by atoms with van der Waals surface area (Å²) < 4.78 is 39.1. The van der Waals surface area contributed by atoms with Gasteiger partial charge in [-0.1, -0.05) is 6.92 Å². The molecule has 0 aliphatic rings. The molecule has 0 aromatic carbocycles. The molecule has 29 heavy (non-hydrogen) atoms. The van der Waals surface area contributed by atoms with Gasteiger partial charge in [-0.25, -0.2) is 4.79 Å². The number of carboxylic acids is 1. The van der Waals surface area contributed by atoms with E-state index in [0.29, 0.717) is 17.6 Å². The fourth-order valence-corrected chi connectivity index (χ4v) is 2.65. The van der Waals surface area contributed by atoms with Gasteiger partial charge in [-0.3, -0.25) is 14.6 Å². The Bertz CT molecular complexity index is 768. The first kappa shape index (κ1) is 24.1. The topological polar surface area (TPSA) is 108 Å². The molecule has 1 rings (SSSR count). The number of alkyl halides is 3. The summed E-state index contributed by atoms with van der Waals surface area (Å²) in [5.41, 5.74) is 0.0300. The molecule has 8 nitrogen and oxygen atoms in total. The largest absolute Gasteiger partial charge is 0.478 e. The summed E-state index contributed by atoms with van der Waals surface area (Å²) in [6, 6.07) is 1.21. The molecule has 1 heterocycles. The van der Waals surface area contributed by atoms with E-state index in [2.05, 4.69) is 4.98 Å². The molecule has 0 aliphatic heterocycles. The minimum absolute atomic E-state index is 0.0265. The first-order chi connectivity index (χ1) is 13.5. The van der Waals surface area contributed by atoms with Crippen LogP contribution in [0.1, 0.15) is 41.4 Å². The lowest BCUT2D eigenvalue weighted by Crippen LogP contribution is -2.46. The average molecular weight is 417 g/mol. The Morgan fingerprint density at radius 1 is 1.28 bits per heavy atom. The van der Waals surface area contributed by atoms with Crippen molar-refractivity contribution in [3.63, 3.8) is 0 Å². The molecule has 0 fully saturated rings. The van der Waals surface area contributed by atoms with Gasteiger partial charge in [0.25, 0.3) is 0 Å². The molecular weight excluding hydrogens is 395 g/mol. The molecule has 0 atom stereocenters. The number of nitrogens with zero attached hydrogens (tertiary/aromatic N) is 3. The van der Waals surface area contributed by atoms with Crippen LogP contribution in [0.5, 0.6) is 0 Å². The highest BCUT2D eigenvalue weighted by molar-refractivity contribution is 5.90. The summed E-state index contributed by atoms with van der Waals surface area (Å²) in [5.74, 6) is -4.25. The summed E-state index contributed by atoms with van der Waals surface area (Å²) in [7, 11) is 1.35. The van der Waals surface area contributed by atoms with Crippen LogP contribution >= 0.6 is 0 Å². The molecule has 1 aromatic rings. The van der Waals surface area contributed by atoms with Crippen molar-refractivity contribution >= 4 is 24.1 Å². The van der Waals surface area contributed by atoms with Gasteiger partial charge in [-0.05, 0) is 24.5 Å². The molecule has 0 saturated heterocycles. The van der Waals surface area contributed by atoms with Crippen molar-refractivity contribution in [2.24, 2.45) is 0 Å². The number of carbonyl (C=O) groups is 4. The zero-order valence-electron chi connectivity index (χ0n) is 16.0. The minimum Gasteiger partial charge on any atom is -0.478 e. The van der Waals surface area contributed by atoms with Gasteiger partial charge in [0.1, 0.15) is 12.8 Å². The number of hydrogen-bond donors (Lipinski definition) is 1. The van der Waals surface area contributed by atoms with E-state index in [9.17, 15) is 37.5 Å². The maximum Gasteiger partial charge on any atom is 0.471 e. The number of carboxylic acid groups (broad SMARTS) is 1. The van der Waals surface area contributed by atoms with Crippen LogP contribution < -0.4 is 0 Å². The lowest BCUT2D eigenvalue weighted by atomic mass is 10.0. The van der Waals surface area contributed by atoms with Crippen LogP contribution in [0.25, 0.3) is 0 Å². The highest BCUT2D eigenvalue weighted by atomic mass is 19.4. The molecule has 0 aliphatic carbocycles. The Morgan fingerprint density at radius 2 is 1.93 bits per heavy atom. The fraction of sp³-hybridized carbons (Fsp3) is 0.500. The quantitative estimate of drug-likeness (QED) is 0.458. The van der Waals surface area contributed by atoms with Crippen molar-refractivity contribution in [2.75, 3.05) is 20.1 Å². The number of aromatic carboxylic acids is 1. The normalized spacial score (nSPS) is 11.1. The highest BCUT2D eigenvalue weighted by Crippen LogP contribution is 2.22. The SMILES string of the molecule is CCc1c(C(=O)O)ccnc1CN(CC(=O)N(C)CCCC=O)C(=O)C(F)(F)F. The van der Waals surface area contributed by atoms with E-state index in [1.54, 1.807) is 6.92 Å². The van der Waals surface area contributed by atoms with Crippen LogP contribution in [-0.2, 0) is 27.3 Å². The van der Waals surface area contributed by atoms with Crippen LogP contribution in [0.2, 0.25) is 0 Å². The Labute approximate surface area is 165 Å². The highest BCUT2D eigenvalue weighted by Gasteiger charge is 2.43. The molecule has 0 unspecified atom stereocenters. The van der Waals surface area contributed by atoms with E-state index in [0.717, 1.165) is 11.1 Å². The maximum absolute atomic E-state index is 13.0. The van der Waals surface area contributed by atoms with Gasteiger partial charge in [0, 0.05) is 26.2 Å². The molecule has 1 aromatic heterocycles. The number of likely N-dealkylation sites (N-methyl/N-ethyl adjacent to an activating group) is 1. The molecule has 1 N–H and O–H groups in total. The smallest absolute Gasteiger partial charge is 0.471 e. The van der Waals surface area contributed by atoms with Gasteiger partial charge in [0.05, 0.1) is 17.8 Å². The summed E-state index contributed by atoms with van der Waals surface area (Å²) in [5, 5.41) is 9.24. The predicted molar refractivity (Wildman–Crippen MR) is 95.0 cm³/mol. The van der Waals surface area contributed by atoms with Crippen LogP contribution in [-0.4, -0.2) is 70.3 Å². The molecule has 11 heteroatoms. The van der Waals surface area contributed by atoms with Crippen LogP contribution in [0.4, 0.5) is 13.2 Å². The number of carbonyl (C=O) groups excluding carboxylic acids is 3. The van der Waals surface area contributed by atoms with E-state index in [1.165, 1.54) is 13.1 Å². The number of halogens is 3. The third-order valence-corrected chi connectivity index (χ3v) is 4.17. The molecule has 0 radical (unpaired) electrons. The van der Waals surface area contributed by atoms with Crippen molar-refractivity contribution in [2.45, 2.75) is 38.9 Å². The van der Waals surface area contributed by atoms with Gasteiger partial charge in [-0.15, -0.1) is 0 Å². The zero-order valence-corrected chi connectivity index (χ0v) is 16.0. The number of pyridine rings is 1. The third kappa shape index (κ3) is 6.84. The number of rotatable bonds is 10. The number of hydrogen-bond acceptors (Lipinski definition) is 5. The summed E-state index contributed by atoms with van der Waals surface area (Å²) in [6.07, 6.45) is -2.74. The third-order valence-electron chi connectivity index (χ3n) is 4.17. The summed E-state index contributed by atoms with van der Waals surface area (Å²) in [6.45, 7) is 0.210. The molecule has 2 amide bonds. The van der Waals surface area contributed by atoms with E-state index < -0.39 is 37.0 Å². The lowest BCUT2D eigenvalue weighted by Gasteiger charge is -2.26. The zero-order chi connectivity index (χ0) is 22.2. The monoisotopic (exact) mass is 417 g/mol. The maximum atomic E-state index is 13.0. The first-order valence-corrected chi connectivity index (χ1v) is 8.76. The second-order valence-electron chi connectivity index (χ2n) is 6.23. The second kappa shape index (κ2) is 10.5. The van der Waals surface area contributed by atoms with Gasteiger partial charge in [0.15, 0.2) is 0 Å². The van der Waals surface area contributed by atoms with Gasteiger partial charge >= 0.3 is 18.1 Å². The number of aromatic nitrogens is 1. The summed E-state index contributed by atoms with van der Waals surface area (Å²) >= 11 is 0. The molecule has 0 bridgehead atoms.